The zero-order valence-corrected chi connectivity index (χ0v) is 10.4. The maximum absolute atomic E-state index is 5.82. The summed E-state index contributed by atoms with van der Waals surface area (Å²) < 4.78 is 0. The number of hydrogen-bond donors (Lipinski definition) is 0. The van der Waals surface area contributed by atoms with Gasteiger partial charge in [-0.05, 0) is 38.1 Å². The van der Waals surface area contributed by atoms with E-state index in [-0.39, 0.29) is 0 Å². The third kappa shape index (κ3) is 4.18. The topological polar surface area (TPSA) is 3.24 Å². The fraction of sp³-hybridized carbons (Fsp3) is 1.00. The van der Waals surface area contributed by atoms with Crippen LogP contribution in [0.1, 0.15) is 46.0 Å². The van der Waals surface area contributed by atoms with Crippen LogP contribution in [0.25, 0.3) is 0 Å². The molecule has 0 radical (unpaired) electrons. The third-order valence-corrected chi connectivity index (χ3v) is 3.36. The highest BCUT2D eigenvalue weighted by Gasteiger charge is 2.23. The van der Waals surface area contributed by atoms with Crippen molar-refractivity contribution < 1.29 is 0 Å². The van der Waals surface area contributed by atoms with E-state index in [1.165, 1.54) is 38.6 Å². The highest BCUT2D eigenvalue weighted by atomic mass is 35.5. The van der Waals surface area contributed by atoms with Crippen molar-refractivity contribution in [2.75, 3.05) is 19.0 Å². The first-order valence-corrected chi connectivity index (χ1v) is 6.57. The van der Waals surface area contributed by atoms with Gasteiger partial charge in [0.2, 0.25) is 0 Å². The molecule has 0 bridgehead atoms. The smallest absolute Gasteiger partial charge is 0.0351 e. The van der Waals surface area contributed by atoms with Crippen molar-refractivity contribution in [3.63, 3.8) is 0 Å². The first-order valence-electron chi connectivity index (χ1n) is 6.04. The van der Waals surface area contributed by atoms with Crippen LogP contribution in [0.4, 0.5) is 0 Å². The second-order valence-electron chi connectivity index (χ2n) is 4.85. The first-order chi connectivity index (χ1) is 6.74. The monoisotopic (exact) mass is 217 g/mol. The van der Waals surface area contributed by atoms with Crippen molar-refractivity contribution >= 4 is 11.6 Å². The van der Waals surface area contributed by atoms with Crippen molar-refractivity contribution in [2.24, 2.45) is 5.92 Å². The fourth-order valence-electron chi connectivity index (χ4n) is 2.04. The molecule has 1 saturated carbocycles. The lowest BCUT2D eigenvalue weighted by atomic mass is 9.91. The Kier molecular flexibility index (Phi) is 5.88. The number of alkyl halides is 1. The highest BCUT2D eigenvalue weighted by molar-refractivity contribution is 6.18. The predicted molar refractivity (Wildman–Crippen MR) is 64.0 cm³/mol. The lowest BCUT2D eigenvalue weighted by molar-refractivity contribution is 0.131. The van der Waals surface area contributed by atoms with Crippen LogP contribution in [0, 0.1) is 5.92 Å². The summed E-state index contributed by atoms with van der Waals surface area (Å²) in [4.78, 5) is 2.60. The van der Waals surface area contributed by atoms with Gasteiger partial charge >= 0.3 is 0 Å². The molecule has 1 aliphatic rings. The largest absolute Gasteiger partial charge is 0.299 e. The van der Waals surface area contributed by atoms with Gasteiger partial charge in [-0.1, -0.05) is 20.3 Å². The van der Waals surface area contributed by atoms with E-state index in [2.05, 4.69) is 18.7 Å². The van der Waals surface area contributed by atoms with Crippen LogP contribution in [0.2, 0.25) is 0 Å². The van der Waals surface area contributed by atoms with Crippen LogP contribution in [-0.2, 0) is 0 Å². The number of nitrogens with zero attached hydrogens (tertiary/aromatic N) is 1. The van der Waals surface area contributed by atoms with E-state index in [9.17, 15) is 0 Å². The van der Waals surface area contributed by atoms with E-state index < -0.39 is 0 Å². The van der Waals surface area contributed by atoms with Gasteiger partial charge in [-0.15, -0.1) is 11.6 Å². The van der Waals surface area contributed by atoms with Gasteiger partial charge in [-0.3, -0.25) is 4.90 Å². The Balaban J connectivity index is 2.14. The Labute approximate surface area is 93.8 Å². The Hall–Kier alpha value is 0.250. The van der Waals surface area contributed by atoms with Gasteiger partial charge in [0.05, 0.1) is 0 Å². The van der Waals surface area contributed by atoms with E-state index in [1.54, 1.807) is 0 Å². The zero-order chi connectivity index (χ0) is 10.4. The second kappa shape index (κ2) is 6.68. The van der Waals surface area contributed by atoms with Gasteiger partial charge in [0.25, 0.3) is 0 Å². The highest BCUT2D eigenvalue weighted by Crippen LogP contribution is 2.25. The summed E-state index contributed by atoms with van der Waals surface area (Å²) in [5, 5.41) is 0. The average molecular weight is 218 g/mol. The van der Waals surface area contributed by atoms with E-state index in [0.29, 0.717) is 0 Å². The van der Waals surface area contributed by atoms with E-state index >= 15 is 0 Å². The van der Waals surface area contributed by atoms with Crippen molar-refractivity contribution in [1.82, 2.24) is 4.90 Å². The van der Waals surface area contributed by atoms with Crippen LogP contribution < -0.4 is 0 Å². The van der Waals surface area contributed by atoms with E-state index in [1.807, 2.05) is 0 Å². The van der Waals surface area contributed by atoms with Crippen molar-refractivity contribution in [2.45, 2.75) is 52.0 Å². The molecule has 1 fully saturated rings. The molecule has 0 aromatic rings. The molecule has 0 atom stereocenters. The van der Waals surface area contributed by atoms with Gasteiger partial charge in [0, 0.05) is 18.5 Å². The Morgan fingerprint density at radius 1 is 1.29 bits per heavy atom. The van der Waals surface area contributed by atoms with Crippen LogP contribution in [0.5, 0.6) is 0 Å². The molecule has 0 N–H and O–H groups in total. The lowest BCUT2D eigenvalue weighted by Gasteiger charge is -2.37. The summed E-state index contributed by atoms with van der Waals surface area (Å²) in [7, 11) is 0. The average Bonchev–Trinajstić information content (AvgIpc) is 2.00. The molecule has 0 aromatic heterocycles. The van der Waals surface area contributed by atoms with Crippen LogP contribution in [0.3, 0.4) is 0 Å². The molecule has 0 aromatic carbocycles. The molecule has 0 amide bonds. The van der Waals surface area contributed by atoms with Crippen LogP contribution >= 0.6 is 11.6 Å². The number of halogens is 1. The van der Waals surface area contributed by atoms with Crippen molar-refractivity contribution in [1.29, 1.82) is 0 Å². The molecule has 0 saturated heterocycles. The normalized spacial score (nSPS) is 17.8. The summed E-state index contributed by atoms with van der Waals surface area (Å²) in [5.74, 6) is 1.63. The van der Waals surface area contributed by atoms with Crippen LogP contribution in [-0.4, -0.2) is 29.9 Å². The Morgan fingerprint density at radius 2 is 2.00 bits per heavy atom. The molecule has 0 heterocycles. The molecular formula is C12H24ClN. The van der Waals surface area contributed by atoms with Gasteiger partial charge in [-0.25, -0.2) is 0 Å². The minimum atomic E-state index is 0.790. The van der Waals surface area contributed by atoms with Crippen molar-refractivity contribution in [3.8, 4) is 0 Å². The molecule has 0 spiro atoms. The second-order valence-corrected chi connectivity index (χ2v) is 5.22. The maximum atomic E-state index is 5.82. The zero-order valence-electron chi connectivity index (χ0n) is 9.64. The molecular weight excluding hydrogens is 194 g/mol. The fourth-order valence-corrected chi connectivity index (χ4v) is 2.26. The summed E-state index contributed by atoms with van der Waals surface area (Å²) >= 11 is 5.82. The van der Waals surface area contributed by atoms with Crippen LogP contribution in [0.15, 0.2) is 0 Å². The first kappa shape index (κ1) is 12.3. The summed E-state index contributed by atoms with van der Waals surface area (Å²) in [5.41, 5.74) is 0. The number of hydrogen-bond acceptors (Lipinski definition) is 1. The van der Waals surface area contributed by atoms with Gasteiger partial charge in [0.15, 0.2) is 0 Å². The van der Waals surface area contributed by atoms with Gasteiger partial charge in [-0.2, -0.15) is 0 Å². The van der Waals surface area contributed by atoms with Gasteiger partial charge in [0.1, 0.15) is 0 Å². The standard InChI is InChI=1S/C12H24ClN/c1-11(2)5-4-9-14(10-8-13)12-6-3-7-12/h11-12H,3-10H2,1-2H3. The predicted octanol–water partition coefficient (Wildman–Crippen LogP) is 3.52. The molecule has 84 valence electrons. The minimum absolute atomic E-state index is 0.790. The Bertz CT molecular complexity index is 143. The van der Waals surface area contributed by atoms with E-state index in [0.717, 1.165) is 24.4 Å². The third-order valence-electron chi connectivity index (χ3n) is 3.19. The van der Waals surface area contributed by atoms with E-state index in [4.69, 9.17) is 11.6 Å². The molecule has 14 heavy (non-hydrogen) atoms. The number of rotatable bonds is 7. The minimum Gasteiger partial charge on any atom is -0.299 e. The summed E-state index contributed by atoms with van der Waals surface area (Å²) in [6.07, 6.45) is 6.92. The molecule has 2 heteroatoms. The molecule has 1 nitrogen and oxygen atoms in total. The quantitative estimate of drug-likeness (QED) is 0.590. The maximum Gasteiger partial charge on any atom is 0.0351 e. The summed E-state index contributed by atoms with van der Waals surface area (Å²) in [6.45, 7) is 6.95. The molecule has 1 aliphatic carbocycles. The van der Waals surface area contributed by atoms with Gasteiger partial charge < -0.3 is 0 Å². The lowest BCUT2D eigenvalue weighted by Crippen LogP contribution is -2.41. The molecule has 0 unspecified atom stereocenters. The molecule has 1 rings (SSSR count). The summed E-state index contributed by atoms with van der Waals surface area (Å²) in [6, 6.07) is 0.862. The Morgan fingerprint density at radius 3 is 2.43 bits per heavy atom. The molecule has 0 aliphatic heterocycles. The van der Waals surface area contributed by atoms with Crippen molar-refractivity contribution in [3.05, 3.63) is 0 Å². The SMILES string of the molecule is CC(C)CCCN(CCCl)C1CCC1.